The summed E-state index contributed by atoms with van der Waals surface area (Å²) in [7, 11) is -3.72. The van der Waals surface area contributed by atoms with Crippen LogP contribution in [-0.4, -0.2) is 31.0 Å². The van der Waals surface area contributed by atoms with Gasteiger partial charge in [-0.25, -0.2) is 13.1 Å². The molecule has 0 bridgehead atoms. The molecule has 2 aromatic rings. The van der Waals surface area contributed by atoms with Crippen LogP contribution in [-0.2, 0) is 15.6 Å². The molecule has 9 heteroatoms. The first-order valence-electron chi connectivity index (χ1n) is 9.70. The van der Waals surface area contributed by atoms with Gasteiger partial charge in [0.15, 0.2) is 5.82 Å². The Balaban J connectivity index is 1.89. The molecule has 1 aliphatic rings. The van der Waals surface area contributed by atoms with Gasteiger partial charge in [0.25, 0.3) is 5.91 Å². The molecule has 2 N–H and O–H groups in total. The van der Waals surface area contributed by atoms with E-state index in [1.54, 1.807) is 19.1 Å². The van der Waals surface area contributed by atoms with Gasteiger partial charge in [-0.05, 0) is 31.0 Å². The zero-order valence-corrected chi connectivity index (χ0v) is 17.3. The normalized spacial score (nSPS) is 16.7. The molecule has 1 saturated carbocycles. The summed E-state index contributed by atoms with van der Waals surface area (Å²) in [6, 6.07) is 5.96. The van der Waals surface area contributed by atoms with Gasteiger partial charge in [0.2, 0.25) is 15.9 Å². The Labute approximate surface area is 170 Å². The van der Waals surface area contributed by atoms with Crippen molar-refractivity contribution in [3.63, 3.8) is 0 Å². The number of hydrogen-bond acceptors (Lipinski definition) is 6. The molecule has 0 saturated heterocycles. The van der Waals surface area contributed by atoms with E-state index in [0.29, 0.717) is 24.6 Å². The fourth-order valence-corrected chi connectivity index (χ4v) is 4.62. The zero-order valence-electron chi connectivity index (χ0n) is 16.5. The third-order valence-electron chi connectivity index (χ3n) is 5.09. The topological polar surface area (TPSA) is 114 Å². The second-order valence-corrected chi connectivity index (χ2v) is 9.02. The number of hydrogen-bond donors (Lipinski definition) is 2. The summed E-state index contributed by atoms with van der Waals surface area (Å²) in [5, 5.41) is 7.16. The highest BCUT2D eigenvalue weighted by atomic mass is 32.2. The van der Waals surface area contributed by atoms with E-state index in [2.05, 4.69) is 26.8 Å². The molecule has 0 aliphatic heterocycles. The SMILES string of the molecule is C=CCNS(=O)(=O)c1cccc(C(=O)NC2(c3noc(C)n3)CCCCCC2)c1. The van der Waals surface area contributed by atoms with Crippen molar-refractivity contribution >= 4 is 15.9 Å². The zero-order chi connectivity index (χ0) is 20.9. The fraction of sp³-hybridized carbons (Fsp3) is 0.450. The lowest BCUT2D eigenvalue weighted by atomic mass is 9.88. The molecular formula is C20H26N4O4S. The van der Waals surface area contributed by atoms with E-state index in [-0.39, 0.29) is 22.9 Å². The van der Waals surface area contributed by atoms with Crippen LogP contribution in [0.15, 0.2) is 46.3 Å². The van der Waals surface area contributed by atoms with Crippen LogP contribution in [0.25, 0.3) is 0 Å². The van der Waals surface area contributed by atoms with Crippen molar-refractivity contribution in [2.75, 3.05) is 6.54 Å². The summed E-state index contributed by atoms with van der Waals surface area (Å²) in [5.41, 5.74) is -0.461. The Morgan fingerprint density at radius 1 is 1.28 bits per heavy atom. The first kappa shape index (κ1) is 21.2. The van der Waals surface area contributed by atoms with Crippen LogP contribution in [0.3, 0.4) is 0 Å². The average molecular weight is 419 g/mol. The summed E-state index contributed by atoms with van der Waals surface area (Å²) < 4.78 is 32.3. The Bertz CT molecular complexity index is 976. The minimum Gasteiger partial charge on any atom is -0.340 e. The molecule has 8 nitrogen and oxygen atoms in total. The molecule has 1 aromatic carbocycles. The number of rotatable bonds is 7. The third kappa shape index (κ3) is 4.91. The average Bonchev–Trinajstić information content (AvgIpc) is 3.02. The predicted octanol–water partition coefficient (Wildman–Crippen LogP) is 2.82. The van der Waals surface area contributed by atoms with Gasteiger partial charge >= 0.3 is 0 Å². The predicted molar refractivity (Wildman–Crippen MR) is 108 cm³/mol. The molecule has 1 aromatic heterocycles. The Kier molecular flexibility index (Phi) is 6.49. The van der Waals surface area contributed by atoms with Crippen LogP contribution in [0.5, 0.6) is 0 Å². The third-order valence-corrected chi connectivity index (χ3v) is 6.51. The monoisotopic (exact) mass is 418 g/mol. The van der Waals surface area contributed by atoms with E-state index in [4.69, 9.17) is 4.52 Å². The summed E-state index contributed by atoms with van der Waals surface area (Å²) in [6.45, 7) is 5.33. The number of aromatic nitrogens is 2. The molecule has 156 valence electrons. The molecule has 1 heterocycles. The van der Waals surface area contributed by atoms with Gasteiger partial charge in [-0.3, -0.25) is 4.79 Å². The molecule has 1 fully saturated rings. The molecule has 3 rings (SSSR count). The van der Waals surface area contributed by atoms with Crippen LogP contribution < -0.4 is 10.0 Å². The van der Waals surface area contributed by atoms with Gasteiger partial charge < -0.3 is 9.84 Å². The van der Waals surface area contributed by atoms with Crippen molar-refractivity contribution in [1.29, 1.82) is 0 Å². The second kappa shape index (κ2) is 8.87. The quantitative estimate of drug-likeness (QED) is 0.528. The van der Waals surface area contributed by atoms with Crippen molar-refractivity contribution in [3.05, 3.63) is 54.2 Å². The van der Waals surface area contributed by atoms with Gasteiger partial charge in [0.05, 0.1) is 4.90 Å². The van der Waals surface area contributed by atoms with Gasteiger partial charge in [0.1, 0.15) is 5.54 Å². The summed E-state index contributed by atoms with van der Waals surface area (Å²) in [6.07, 6.45) is 6.90. The fourth-order valence-electron chi connectivity index (χ4n) is 3.58. The smallest absolute Gasteiger partial charge is 0.252 e. The first-order valence-corrected chi connectivity index (χ1v) is 11.2. The highest BCUT2D eigenvalue weighted by Gasteiger charge is 2.39. The van der Waals surface area contributed by atoms with Gasteiger partial charge in [-0.15, -0.1) is 6.58 Å². The molecule has 0 radical (unpaired) electrons. The first-order chi connectivity index (χ1) is 13.9. The van der Waals surface area contributed by atoms with E-state index < -0.39 is 15.6 Å². The lowest BCUT2D eigenvalue weighted by Crippen LogP contribution is -2.46. The minimum atomic E-state index is -3.72. The minimum absolute atomic E-state index is 0.0253. The number of aryl methyl sites for hydroxylation is 1. The number of benzene rings is 1. The lowest BCUT2D eigenvalue weighted by molar-refractivity contribution is 0.0876. The largest absolute Gasteiger partial charge is 0.340 e. The highest BCUT2D eigenvalue weighted by Crippen LogP contribution is 2.35. The van der Waals surface area contributed by atoms with Gasteiger partial charge in [-0.2, -0.15) is 4.98 Å². The number of nitrogens with one attached hydrogen (secondary N) is 2. The Morgan fingerprint density at radius 3 is 2.62 bits per heavy atom. The van der Waals surface area contributed by atoms with Crippen LogP contribution in [0.4, 0.5) is 0 Å². The van der Waals surface area contributed by atoms with Gasteiger partial charge in [-0.1, -0.05) is 43.0 Å². The molecule has 1 amide bonds. The molecule has 0 unspecified atom stereocenters. The Hall–Kier alpha value is -2.52. The van der Waals surface area contributed by atoms with Crippen molar-refractivity contribution in [3.8, 4) is 0 Å². The van der Waals surface area contributed by atoms with E-state index >= 15 is 0 Å². The van der Waals surface area contributed by atoms with Crippen molar-refractivity contribution in [2.45, 2.75) is 55.9 Å². The van der Waals surface area contributed by atoms with E-state index in [9.17, 15) is 13.2 Å². The molecule has 1 aliphatic carbocycles. The van der Waals surface area contributed by atoms with Gasteiger partial charge in [0, 0.05) is 19.0 Å². The second-order valence-electron chi connectivity index (χ2n) is 7.26. The van der Waals surface area contributed by atoms with E-state index in [1.807, 2.05) is 0 Å². The lowest BCUT2D eigenvalue weighted by Gasteiger charge is -2.30. The van der Waals surface area contributed by atoms with E-state index in [0.717, 1.165) is 25.7 Å². The Morgan fingerprint density at radius 2 is 2.00 bits per heavy atom. The molecule has 29 heavy (non-hydrogen) atoms. The van der Waals surface area contributed by atoms with Crippen LogP contribution in [0, 0.1) is 6.92 Å². The maximum Gasteiger partial charge on any atom is 0.252 e. The van der Waals surface area contributed by atoms with Crippen LogP contribution >= 0.6 is 0 Å². The summed E-state index contributed by atoms with van der Waals surface area (Å²) in [4.78, 5) is 17.5. The number of sulfonamides is 1. The number of carbonyl (C=O) groups is 1. The van der Waals surface area contributed by atoms with Crippen molar-refractivity contribution < 1.29 is 17.7 Å². The van der Waals surface area contributed by atoms with Crippen LogP contribution in [0.1, 0.15) is 60.6 Å². The molecule has 0 atom stereocenters. The molecule has 0 spiro atoms. The maximum atomic E-state index is 13.1. The summed E-state index contributed by atoms with van der Waals surface area (Å²) >= 11 is 0. The van der Waals surface area contributed by atoms with E-state index in [1.165, 1.54) is 18.2 Å². The van der Waals surface area contributed by atoms with Crippen molar-refractivity contribution in [2.24, 2.45) is 0 Å². The number of carbonyl (C=O) groups excluding carboxylic acids is 1. The van der Waals surface area contributed by atoms with Crippen LogP contribution in [0.2, 0.25) is 0 Å². The molecular weight excluding hydrogens is 392 g/mol. The maximum absolute atomic E-state index is 13.1. The number of amides is 1. The highest BCUT2D eigenvalue weighted by molar-refractivity contribution is 7.89. The summed E-state index contributed by atoms with van der Waals surface area (Å²) in [5.74, 6) is 0.552. The number of nitrogens with zero attached hydrogens (tertiary/aromatic N) is 2. The van der Waals surface area contributed by atoms with Crippen molar-refractivity contribution in [1.82, 2.24) is 20.2 Å². The standard InChI is InChI=1S/C20H26N4O4S/c1-3-13-21-29(26,27)17-10-8-9-16(14-17)18(25)23-20(11-6-4-5-7-12-20)19-22-15(2)28-24-19/h3,8-10,14,21H,1,4-7,11-13H2,2H3,(H,23,25).